The molecule has 0 aliphatic carbocycles. The quantitative estimate of drug-likeness (QED) is 0.515. The van der Waals surface area contributed by atoms with Crippen LogP contribution >= 0.6 is 0 Å². The maximum atomic E-state index is 11.1. The molecule has 0 saturated carbocycles. The first-order chi connectivity index (χ1) is 6.49. The largest absolute Gasteiger partial charge is 0.477 e. The Bertz CT molecular complexity index is 394. The summed E-state index contributed by atoms with van der Waals surface area (Å²) in [6.45, 7) is 1.50. The van der Waals surface area contributed by atoms with Gasteiger partial charge < -0.3 is 15.7 Å². The molecule has 0 aromatic carbocycles. The lowest BCUT2D eigenvalue weighted by Crippen LogP contribution is -2.15. The number of hydrogen-bond donors (Lipinski definition) is 2. The summed E-state index contributed by atoms with van der Waals surface area (Å²) in [7, 11) is 1.22. The standard InChI is InChI=1S/C8H10N2O4/c1-4-5(8(13)14-2)3-10(9)6(4)7(11)12/h3H,9H2,1-2H3,(H,11,12). The van der Waals surface area contributed by atoms with Gasteiger partial charge in [0.1, 0.15) is 0 Å². The van der Waals surface area contributed by atoms with Crippen LogP contribution in [0.2, 0.25) is 0 Å². The van der Waals surface area contributed by atoms with Crippen molar-refractivity contribution in [3.63, 3.8) is 0 Å². The molecule has 0 bridgehead atoms. The van der Waals surface area contributed by atoms with Gasteiger partial charge in [-0.05, 0) is 12.5 Å². The number of esters is 1. The summed E-state index contributed by atoms with van der Waals surface area (Å²) in [5, 5.41) is 8.76. The number of aromatic nitrogens is 1. The van der Waals surface area contributed by atoms with Crippen LogP contribution in [0.1, 0.15) is 26.4 Å². The van der Waals surface area contributed by atoms with E-state index in [9.17, 15) is 9.59 Å². The van der Waals surface area contributed by atoms with Gasteiger partial charge in [0, 0.05) is 6.20 Å². The van der Waals surface area contributed by atoms with E-state index in [1.165, 1.54) is 20.2 Å². The minimum absolute atomic E-state index is 0.120. The third-order valence-corrected chi connectivity index (χ3v) is 1.89. The van der Waals surface area contributed by atoms with Gasteiger partial charge in [-0.2, -0.15) is 0 Å². The van der Waals surface area contributed by atoms with Crippen LogP contribution in [-0.4, -0.2) is 28.8 Å². The molecule has 0 saturated heterocycles. The third kappa shape index (κ3) is 1.41. The molecule has 1 aromatic heterocycles. The van der Waals surface area contributed by atoms with Crippen molar-refractivity contribution in [3.8, 4) is 0 Å². The molecule has 1 aromatic rings. The topological polar surface area (TPSA) is 94.5 Å². The predicted molar refractivity (Wildman–Crippen MR) is 47.6 cm³/mol. The highest BCUT2D eigenvalue weighted by molar-refractivity contribution is 5.96. The van der Waals surface area contributed by atoms with Gasteiger partial charge in [-0.15, -0.1) is 0 Å². The molecule has 0 fully saturated rings. The smallest absolute Gasteiger partial charge is 0.354 e. The Balaban J connectivity index is 3.30. The van der Waals surface area contributed by atoms with Gasteiger partial charge in [0.25, 0.3) is 0 Å². The number of carbonyl (C=O) groups is 2. The number of carboxylic acids is 1. The van der Waals surface area contributed by atoms with E-state index in [-0.39, 0.29) is 11.3 Å². The Morgan fingerprint density at radius 2 is 2.14 bits per heavy atom. The SMILES string of the molecule is COC(=O)c1cn(N)c(C(=O)O)c1C. The number of nitrogens with two attached hydrogens (primary N) is 1. The maximum absolute atomic E-state index is 11.1. The van der Waals surface area contributed by atoms with Crippen molar-refractivity contribution in [3.05, 3.63) is 23.0 Å². The van der Waals surface area contributed by atoms with Crippen LogP contribution in [0.3, 0.4) is 0 Å². The van der Waals surface area contributed by atoms with Crippen molar-refractivity contribution >= 4 is 11.9 Å². The molecule has 0 unspecified atom stereocenters. The Hall–Kier alpha value is -1.98. The second-order valence-electron chi connectivity index (χ2n) is 2.72. The van der Waals surface area contributed by atoms with E-state index in [1.807, 2.05) is 0 Å². The van der Waals surface area contributed by atoms with Gasteiger partial charge in [0.15, 0.2) is 5.69 Å². The van der Waals surface area contributed by atoms with Gasteiger partial charge in [-0.3, -0.25) is 4.68 Å². The van der Waals surface area contributed by atoms with Crippen LogP contribution < -0.4 is 5.84 Å². The molecule has 0 spiro atoms. The molecule has 0 amide bonds. The highest BCUT2D eigenvalue weighted by Gasteiger charge is 2.21. The summed E-state index contributed by atoms with van der Waals surface area (Å²) in [4.78, 5) is 21.9. The number of carboxylic acid groups (broad SMARTS) is 1. The van der Waals surface area contributed by atoms with E-state index in [0.717, 1.165) is 4.68 Å². The minimum atomic E-state index is -1.18. The Labute approximate surface area is 79.9 Å². The summed E-state index contributed by atoms with van der Waals surface area (Å²) in [5.41, 5.74) is 0.338. The fraction of sp³-hybridized carbons (Fsp3) is 0.250. The van der Waals surface area contributed by atoms with Crippen LogP contribution in [0.5, 0.6) is 0 Å². The fourth-order valence-corrected chi connectivity index (χ4v) is 1.21. The third-order valence-electron chi connectivity index (χ3n) is 1.89. The highest BCUT2D eigenvalue weighted by Crippen LogP contribution is 2.15. The normalized spacial score (nSPS) is 9.86. The molecule has 1 heterocycles. The van der Waals surface area contributed by atoms with E-state index >= 15 is 0 Å². The van der Waals surface area contributed by atoms with Crippen LogP contribution in [0.4, 0.5) is 0 Å². The van der Waals surface area contributed by atoms with E-state index in [1.54, 1.807) is 0 Å². The molecule has 3 N–H and O–H groups in total. The number of aromatic carboxylic acids is 1. The first-order valence-corrected chi connectivity index (χ1v) is 3.77. The summed E-state index contributed by atoms with van der Waals surface area (Å²) < 4.78 is 5.36. The van der Waals surface area contributed by atoms with Gasteiger partial charge >= 0.3 is 11.9 Å². The second-order valence-corrected chi connectivity index (χ2v) is 2.72. The highest BCUT2D eigenvalue weighted by atomic mass is 16.5. The van der Waals surface area contributed by atoms with E-state index in [4.69, 9.17) is 10.9 Å². The van der Waals surface area contributed by atoms with Crippen molar-refractivity contribution in [2.75, 3.05) is 13.0 Å². The number of nitrogens with zero attached hydrogens (tertiary/aromatic N) is 1. The molecule has 1 rings (SSSR count). The van der Waals surface area contributed by atoms with Crippen LogP contribution in [0.25, 0.3) is 0 Å². The van der Waals surface area contributed by atoms with Crippen molar-refractivity contribution < 1.29 is 19.4 Å². The van der Waals surface area contributed by atoms with Gasteiger partial charge in [-0.25, -0.2) is 9.59 Å². The van der Waals surface area contributed by atoms with Crippen molar-refractivity contribution in [2.45, 2.75) is 6.92 Å². The molecule has 0 aliphatic heterocycles. The number of carbonyl (C=O) groups excluding carboxylic acids is 1. The van der Waals surface area contributed by atoms with Gasteiger partial charge in [0.2, 0.25) is 0 Å². The Morgan fingerprint density at radius 3 is 2.50 bits per heavy atom. The maximum Gasteiger partial charge on any atom is 0.354 e. The molecule has 0 atom stereocenters. The van der Waals surface area contributed by atoms with E-state index in [0.29, 0.717) is 5.56 Å². The van der Waals surface area contributed by atoms with Crippen molar-refractivity contribution in [1.29, 1.82) is 0 Å². The average molecular weight is 198 g/mol. The zero-order valence-electron chi connectivity index (χ0n) is 7.77. The lowest BCUT2D eigenvalue weighted by atomic mass is 10.2. The molecular formula is C8H10N2O4. The summed E-state index contributed by atoms with van der Waals surface area (Å²) in [6.07, 6.45) is 1.23. The number of methoxy groups -OCH3 is 1. The lowest BCUT2D eigenvalue weighted by molar-refractivity contribution is 0.0600. The Morgan fingerprint density at radius 1 is 1.57 bits per heavy atom. The minimum Gasteiger partial charge on any atom is -0.477 e. The number of rotatable bonds is 2. The first-order valence-electron chi connectivity index (χ1n) is 3.77. The Kier molecular flexibility index (Phi) is 2.46. The van der Waals surface area contributed by atoms with Crippen molar-refractivity contribution in [1.82, 2.24) is 4.68 Å². The summed E-state index contributed by atoms with van der Waals surface area (Å²) >= 11 is 0. The fourth-order valence-electron chi connectivity index (χ4n) is 1.21. The lowest BCUT2D eigenvalue weighted by Gasteiger charge is -1.97. The van der Waals surface area contributed by atoms with E-state index in [2.05, 4.69) is 4.74 Å². The second kappa shape index (κ2) is 3.41. The van der Waals surface area contributed by atoms with Crippen LogP contribution in [0, 0.1) is 6.92 Å². The number of nitrogen functional groups attached to an aromatic ring is 1. The van der Waals surface area contributed by atoms with Crippen LogP contribution in [0.15, 0.2) is 6.20 Å². The molecule has 14 heavy (non-hydrogen) atoms. The number of ether oxygens (including phenoxy) is 1. The van der Waals surface area contributed by atoms with Crippen molar-refractivity contribution in [2.24, 2.45) is 0 Å². The molecule has 0 aliphatic rings. The zero-order valence-corrected chi connectivity index (χ0v) is 7.77. The van der Waals surface area contributed by atoms with Crippen LogP contribution in [-0.2, 0) is 4.74 Å². The summed E-state index contributed by atoms with van der Waals surface area (Å²) in [6, 6.07) is 0. The van der Waals surface area contributed by atoms with E-state index < -0.39 is 11.9 Å². The van der Waals surface area contributed by atoms with Gasteiger partial charge in [-0.1, -0.05) is 0 Å². The molecule has 6 heteroatoms. The monoisotopic (exact) mass is 198 g/mol. The number of hydrogen-bond acceptors (Lipinski definition) is 4. The molecule has 76 valence electrons. The predicted octanol–water partition coefficient (Wildman–Crippen LogP) is -0.00488. The zero-order chi connectivity index (χ0) is 10.9. The molecular weight excluding hydrogens is 188 g/mol. The molecule has 0 radical (unpaired) electrons. The summed E-state index contributed by atoms with van der Waals surface area (Å²) in [5.74, 6) is 3.58. The molecule has 6 nitrogen and oxygen atoms in total. The first kappa shape index (κ1) is 10.1. The van der Waals surface area contributed by atoms with Gasteiger partial charge in [0.05, 0.1) is 12.7 Å². The average Bonchev–Trinajstić information content (AvgIpc) is 2.40.